The minimum absolute atomic E-state index is 0. The first-order valence-corrected chi connectivity index (χ1v) is 3.93. The van der Waals surface area contributed by atoms with Crippen molar-refractivity contribution >= 4 is 12.4 Å². The molecule has 0 saturated heterocycles. The molecule has 2 nitrogen and oxygen atoms in total. The third-order valence-electron chi connectivity index (χ3n) is 1.63. The van der Waals surface area contributed by atoms with E-state index in [1.165, 1.54) is 6.07 Å². The number of nitrogens with two attached hydrogens (primary N) is 1. The lowest BCUT2D eigenvalue weighted by molar-refractivity contribution is 0.405. The Bertz CT molecular complexity index is 295. The zero-order chi connectivity index (χ0) is 10.0. The number of phenols is 1. The van der Waals surface area contributed by atoms with Gasteiger partial charge in [-0.05, 0) is 31.0 Å². The molecular weight excluding hydrogens is 212 g/mol. The predicted molar refractivity (Wildman–Crippen MR) is 52.6 cm³/mol. The van der Waals surface area contributed by atoms with Gasteiger partial charge in [0.25, 0.3) is 0 Å². The van der Waals surface area contributed by atoms with Gasteiger partial charge >= 0.3 is 0 Å². The van der Waals surface area contributed by atoms with Crippen LogP contribution in [-0.4, -0.2) is 11.1 Å². The molecule has 5 heteroatoms. The Labute approximate surface area is 87.1 Å². The molecule has 0 heterocycles. The Morgan fingerprint density at radius 3 is 2.43 bits per heavy atom. The Morgan fingerprint density at radius 2 is 2.00 bits per heavy atom. The lowest BCUT2D eigenvalue weighted by atomic mass is 10.1. The number of aromatic hydroxyl groups is 1. The molecule has 1 unspecified atom stereocenters. The van der Waals surface area contributed by atoms with Gasteiger partial charge in [0.15, 0.2) is 17.4 Å². The van der Waals surface area contributed by atoms with Crippen molar-refractivity contribution in [2.75, 3.05) is 0 Å². The van der Waals surface area contributed by atoms with E-state index < -0.39 is 17.4 Å². The van der Waals surface area contributed by atoms with Gasteiger partial charge in [0.05, 0.1) is 0 Å². The van der Waals surface area contributed by atoms with Gasteiger partial charge in [0, 0.05) is 6.04 Å². The van der Waals surface area contributed by atoms with Crippen molar-refractivity contribution in [3.8, 4) is 5.75 Å². The van der Waals surface area contributed by atoms with Crippen LogP contribution in [0.3, 0.4) is 0 Å². The predicted octanol–water partition coefficient (Wildman–Crippen LogP) is 1.98. The van der Waals surface area contributed by atoms with Crippen molar-refractivity contribution in [1.82, 2.24) is 0 Å². The van der Waals surface area contributed by atoms with Gasteiger partial charge < -0.3 is 10.8 Å². The van der Waals surface area contributed by atoms with Crippen LogP contribution in [-0.2, 0) is 6.42 Å². The maximum absolute atomic E-state index is 12.7. The van der Waals surface area contributed by atoms with E-state index in [-0.39, 0.29) is 18.4 Å². The number of halogens is 3. The molecule has 0 aliphatic carbocycles. The topological polar surface area (TPSA) is 46.2 Å². The van der Waals surface area contributed by atoms with Crippen molar-refractivity contribution in [1.29, 1.82) is 0 Å². The molecule has 1 aromatic rings. The summed E-state index contributed by atoms with van der Waals surface area (Å²) in [5, 5.41) is 8.94. The van der Waals surface area contributed by atoms with Crippen molar-refractivity contribution in [3.05, 3.63) is 29.3 Å². The average molecular weight is 224 g/mol. The van der Waals surface area contributed by atoms with Gasteiger partial charge in [0.1, 0.15) is 0 Å². The van der Waals surface area contributed by atoms with Crippen LogP contribution < -0.4 is 5.73 Å². The first kappa shape index (κ1) is 13.1. The standard InChI is InChI=1S/C9H11F2NO.ClH/c1-5(12)2-6-3-7(10)9(11)8(13)4-6;/h3-5,13H,2,12H2,1H3;1H. The van der Waals surface area contributed by atoms with Crippen LogP contribution in [0.25, 0.3) is 0 Å². The van der Waals surface area contributed by atoms with Gasteiger partial charge in [-0.3, -0.25) is 0 Å². The number of rotatable bonds is 2. The maximum atomic E-state index is 12.7. The number of hydrogen-bond donors (Lipinski definition) is 2. The zero-order valence-electron chi connectivity index (χ0n) is 7.63. The number of benzene rings is 1. The minimum Gasteiger partial charge on any atom is -0.505 e. The summed E-state index contributed by atoms with van der Waals surface area (Å²) in [6.07, 6.45) is 0.408. The lowest BCUT2D eigenvalue weighted by Gasteiger charge is -2.06. The first-order chi connectivity index (χ1) is 6.00. The quantitative estimate of drug-likeness (QED) is 0.806. The van der Waals surface area contributed by atoms with Crippen molar-refractivity contribution < 1.29 is 13.9 Å². The van der Waals surface area contributed by atoms with E-state index in [0.717, 1.165) is 6.07 Å². The zero-order valence-corrected chi connectivity index (χ0v) is 8.44. The van der Waals surface area contributed by atoms with E-state index in [1.54, 1.807) is 6.92 Å². The largest absolute Gasteiger partial charge is 0.505 e. The molecule has 1 aromatic carbocycles. The summed E-state index contributed by atoms with van der Waals surface area (Å²) in [5.41, 5.74) is 5.96. The van der Waals surface area contributed by atoms with Crippen LogP contribution in [0.5, 0.6) is 5.75 Å². The second kappa shape index (κ2) is 5.12. The van der Waals surface area contributed by atoms with E-state index >= 15 is 0 Å². The number of hydrogen-bond acceptors (Lipinski definition) is 2. The fourth-order valence-corrected chi connectivity index (χ4v) is 1.12. The van der Waals surface area contributed by atoms with Crippen molar-refractivity contribution in [2.45, 2.75) is 19.4 Å². The van der Waals surface area contributed by atoms with Crippen LogP contribution in [0.1, 0.15) is 12.5 Å². The van der Waals surface area contributed by atoms with Crippen LogP contribution in [0.15, 0.2) is 12.1 Å². The van der Waals surface area contributed by atoms with E-state index in [0.29, 0.717) is 12.0 Å². The summed E-state index contributed by atoms with van der Waals surface area (Å²) >= 11 is 0. The summed E-state index contributed by atoms with van der Waals surface area (Å²) in [4.78, 5) is 0. The van der Waals surface area contributed by atoms with Gasteiger partial charge in [-0.15, -0.1) is 12.4 Å². The summed E-state index contributed by atoms with van der Waals surface area (Å²) in [7, 11) is 0. The van der Waals surface area contributed by atoms with E-state index in [9.17, 15) is 8.78 Å². The molecule has 14 heavy (non-hydrogen) atoms. The highest BCUT2D eigenvalue weighted by atomic mass is 35.5. The van der Waals surface area contributed by atoms with E-state index in [2.05, 4.69) is 0 Å². The fourth-order valence-electron chi connectivity index (χ4n) is 1.12. The molecule has 0 saturated carbocycles. The van der Waals surface area contributed by atoms with Crippen LogP contribution in [0.4, 0.5) is 8.78 Å². The molecule has 0 aliphatic heterocycles. The van der Waals surface area contributed by atoms with Crippen LogP contribution >= 0.6 is 12.4 Å². The highest BCUT2D eigenvalue weighted by Crippen LogP contribution is 2.21. The Kier molecular flexibility index (Phi) is 4.80. The third-order valence-corrected chi connectivity index (χ3v) is 1.63. The molecule has 0 radical (unpaired) electrons. The SMILES string of the molecule is CC(N)Cc1cc(O)c(F)c(F)c1.Cl. The third kappa shape index (κ3) is 3.12. The molecule has 0 fully saturated rings. The van der Waals surface area contributed by atoms with Crippen LogP contribution in [0, 0.1) is 11.6 Å². The second-order valence-corrected chi connectivity index (χ2v) is 3.09. The van der Waals surface area contributed by atoms with Gasteiger partial charge in [-0.25, -0.2) is 4.39 Å². The second-order valence-electron chi connectivity index (χ2n) is 3.09. The molecule has 3 N–H and O–H groups in total. The van der Waals surface area contributed by atoms with E-state index in [4.69, 9.17) is 10.8 Å². The highest BCUT2D eigenvalue weighted by molar-refractivity contribution is 5.85. The molecule has 0 spiro atoms. The van der Waals surface area contributed by atoms with Gasteiger partial charge in [-0.2, -0.15) is 4.39 Å². The molecular formula is C9H12ClF2NO. The molecule has 1 rings (SSSR count). The summed E-state index contributed by atoms with van der Waals surface area (Å²) in [5.74, 6) is -2.93. The van der Waals surface area contributed by atoms with Crippen LogP contribution in [0.2, 0.25) is 0 Å². The first-order valence-electron chi connectivity index (χ1n) is 3.93. The monoisotopic (exact) mass is 223 g/mol. The minimum atomic E-state index is -1.21. The Morgan fingerprint density at radius 1 is 1.43 bits per heavy atom. The summed E-state index contributed by atoms with van der Waals surface area (Å²) < 4.78 is 25.3. The smallest absolute Gasteiger partial charge is 0.200 e. The Hall–Kier alpha value is -0.870. The molecule has 80 valence electrons. The molecule has 1 atom stereocenters. The summed E-state index contributed by atoms with van der Waals surface area (Å²) in [6.45, 7) is 1.75. The van der Waals surface area contributed by atoms with E-state index in [1.807, 2.05) is 0 Å². The normalized spacial score (nSPS) is 12.0. The Balaban J connectivity index is 0.00000169. The highest BCUT2D eigenvalue weighted by Gasteiger charge is 2.10. The molecule has 0 aromatic heterocycles. The number of phenolic OH excluding ortho intramolecular Hbond substituents is 1. The van der Waals surface area contributed by atoms with Crippen molar-refractivity contribution in [3.63, 3.8) is 0 Å². The molecule has 0 aliphatic rings. The maximum Gasteiger partial charge on any atom is 0.200 e. The van der Waals surface area contributed by atoms with Crippen molar-refractivity contribution in [2.24, 2.45) is 5.73 Å². The molecule has 0 bridgehead atoms. The fraction of sp³-hybridized carbons (Fsp3) is 0.333. The average Bonchev–Trinajstić information content (AvgIpc) is 1.98. The summed E-state index contributed by atoms with van der Waals surface area (Å²) in [6, 6.07) is 2.07. The van der Waals surface area contributed by atoms with Gasteiger partial charge in [-0.1, -0.05) is 0 Å². The van der Waals surface area contributed by atoms with Gasteiger partial charge in [0.2, 0.25) is 0 Å². The lowest BCUT2D eigenvalue weighted by Crippen LogP contribution is -2.17. The molecule has 0 amide bonds.